The van der Waals surface area contributed by atoms with Crippen molar-refractivity contribution in [2.24, 2.45) is 5.92 Å². The fourth-order valence-electron chi connectivity index (χ4n) is 6.17. The Labute approximate surface area is 246 Å². The maximum atomic E-state index is 13.9. The van der Waals surface area contributed by atoms with E-state index in [0.717, 1.165) is 93.3 Å². The van der Waals surface area contributed by atoms with Crippen LogP contribution < -0.4 is 15.1 Å². The Balaban J connectivity index is 0.962. The highest BCUT2D eigenvalue weighted by atomic mass is 19.1. The summed E-state index contributed by atoms with van der Waals surface area (Å²) in [5, 5.41) is 12.7. The van der Waals surface area contributed by atoms with Crippen molar-refractivity contribution >= 4 is 28.6 Å². The van der Waals surface area contributed by atoms with Crippen molar-refractivity contribution < 1.29 is 14.3 Å². The molecule has 1 aromatic heterocycles. The van der Waals surface area contributed by atoms with Crippen LogP contribution in [0.3, 0.4) is 0 Å². The van der Waals surface area contributed by atoms with Crippen LogP contribution in [-0.2, 0) is 11.3 Å². The first-order chi connectivity index (χ1) is 20.5. The molecule has 42 heavy (non-hydrogen) atoms. The molecule has 0 saturated carbocycles. The highest BCUT2D eigenvalue weighted by molar-refractivity contribution is 5.80. The number of hydrogen-bond donors (Lipinski definition) is 2. The molecule has 0 aliphatic carbocycles. The molecule has 8 nitrogen and oxygen atoms in total. The Bertz CT molecular complexity index is 1490. The zero-order valence-corrected chi connectivity index (χ0v) is 24.0. The molecule has 0 bridgehead atoms. The van der Waals surface area contributed by atoms with Crippen molar-refractivity contribution in [3.05, 3.63) is 84.2 Å². The summed E-state index contributed by atoms with van der Waals surface area (Å²) in [6, 6.07) is 22.2. The van der Waals surface area contributed by atoms with Gasteiger partial charge in [-0.05, 0) is 79.9 Å². The fourth-order valence-corrected chi connectivity index (χ4v) is 6.17. The van der Waals surface area contributed by atoms with Gasteiger partial charge in [0, 0.05) is 57.4 Å². The number of hydrogen-bond acceptors (Lipinski definition) is 6. The van der Waals surface area contributed by atoms with Crippen LogP contribution in [0.15, 0.2) is 72.8 Å². The Kier molecular flexibility index (Phi) is 8.55. The summed E-state index contributed by atoms with van der Waals surface area (Å²) < 4.78 is 16.1. The largest absolute Gasteiger partial charge is 0.508 e. The van der Waals surface area contributed by atoms with Gasteiger partial charge in [0.15, 0.2) is 0 Å². The van der Waals surface area contributed by atoms with Gasteiger partial charge in [0.1, 0.15) is 11.6 Å². The predicted molar refractivity (Wildman–Crippen MR) is 165 cm³/mol. The summed E-state index contributed by atoms with van der Waals surface area (Å²) in [5.41, 5.74) is 3.99. The van der Waals surface area contributed by atoms with E-state index in [0.29, 0.717) is 18.8 Å². The smallest absolute Gasteiger partial charge is 0.223 e. The number of piperidine rings is 1. The zero-order valence-electron chi connectivity index (χ0n) is 24.0. The lowest BCUT2D eigenvalue weighted by Crippen LogP contribution is -2.47. The van der Waals surface area contributed by atoms with Gasteiger partial charge in [-0.3, -0.25) is 9.69 Å². The van der Waals surface area contributed by atoms with E-state index < -0.39 is 0 Å². The summed E-state index contributed by atoms with van der Waals surface area (Å²) in [6.07, 6.45) is 2.51. The number of halogens is 1. The summed E-state index contributed by atoms with van der Waals surface area (Å²) >= 11 is 0. The van der Waals surface area contributed by atoms with E-state index in [1.54, 1.807) is 24.3 Å². The standard InChI is InChI=1S/C33H39FN6O2/c34-27-6-3-5-25(23-27)24-40-31-8-2-1-7-30(31)36-33(40)39-17-13-26(14-18-39)32(42)35-15-4-16-37-19-21-38(22-20-37)28-9-11-29(41)12-10-28/h1-3,5-12,23,26,41H,4,13-22,24H2,(H,35,42). The van der Waals surface area contributed by atoms with Gasteiger partial charge in [-0.25, -0.2) is 9.37 Å². The van der Waals surface area contributed by atoms with Crippen molar-refractivity contribution in [2.45, 2.75) is 25.8 Å². The number of carbonyl (C=O) groups is 1. The lowest BCUT2D eigenvalue weighted by Gasteiger charge is -2.36. The van der Waals surface area contributed by atoms with Gasteiger partial charge >= 0.3 is 0 Å². The molecule has 2 fully saturated rings. The number of nitrogens with zero attached hydrogens (tertiary/aromatic N) is 5. The highest BCUT2D eigenvalue weighted by Crippen LogP contribution is 2.28. The van der Waals surface area contributed by atoms with Gasteiger partial charge in [-0.1, -0.05) is 24.3 Å². The summed E-state index contributed by atoms with van der Waals surface area (Å²) in [4.78, 5) is 25.0. The Morgan fingerprint density at radius 1 is 0.905 bits per heavy atom. The first-order valence-corrected chi connectivity index (χ1v) is 15.0. The van der Waals surface area contributed by atoms with E-state index in [1.807, 2.05) is 36.4 Å². The second-order valence-electron chi connectivity index (χ2n) is 11.4. The van der Waals surface area contributed by atoms with Gasteiger partial charge in [0.05, 0.1) is 17.6 Å². The number of benzene rings is 3. The number of phenols is 1. The number of aromatic nitrogens is 2. The van der Waals surface area contributed by atoms with E-state index in [-0.39, 0.29) is 17.6 Å². The third-order valence-electron chi connectivity index (χ3n) is 8.55. The maximum absolute atomic E-state index is 13.9. The molecule has 2 aliphatic rings. The number of aromatic hydroxyl groups is 1. The zero-order chi connectivity index (χ0) is 28.9. The lowest BCUT2D eigenvalue weighted by molar-refractivity contribution is -0.125. The molecule has 6 rings (SSSR count). The molecule has 0 atom stereocenters. The number of para-hydroxylation sites is 2. The third-order valence-corrected chi connectivity index (χ3v) is 8.55. The molecule has 3 aromatic carbocycles. The number of amides is 1. The van der Waals surface area contributed by atoms with Gasteiger partial charge in [-0.15, -0.1) is 0 Å². The third kappa shape index (κ3) is 6.51. The molecule has 3 heterocycles. The number of phenolic OH excluding ortho intramolecular Hbond substituents is 1. The molecule has 4 aromatic rings. The molecule has 0 unspecified atom stereocenters. The van der Waals surface area contributed by atoms with Crippen molar-refractivity contribution in [3.8, 4) is 5.75 Å². The van der Waals surface area contributed by atoms with Gasteiger partial charge < -0.3 is 24.8 Å². The molecular weight excluding hydrogens is 531 g/mol. The van der Waals surface area contributed by atoms with Crippen molar-refractivity contribution in [3.63, 3.8) is 0 Å². The van der Waals surface area contributed by atoms with Crippen LogP contribution in [0, 0.1) is 11.7 Å². The van der Waals surface area contributed by atoms with Crippen molar-refractivity contribution in [1.82, 2.24) is 19.8 Å². The minimum Gasteiger partial charge on any atom is -0.508 e. The average molecular weight is 571 g/mol. The van der Waals surface area contributed by atoms with Crippen LogP contribution >= 0.6 is 0 Å². The number of fused-ring (bicyclic) bond motifs is 1. The molecule has 0 spiro atoms. The Morgan fingerprint density at radius 3 is 2.43 bits per heavy atom. The minimum atomic E-state index is -0.238. The van der Waals surface area contributed by atoms with Gasteiger partial charge in [0.25, 0.3) is 0 Å². The van der Waals surface area contributed by atoms with E-state index >= 15 is 0 Å². The number of nitrogens with one attached hydrogen (secondary N) is 1. The SMILES string of the molecule is O=C(NCCCN1CCN(c2ccc(O)cc2)CC1)C1CCN(c2nc3ccccc3n2Cc2cccc(F)c2)CC1. The second-order valence-corrected chi connectivity index (χ2v) is 11.4. The Morgan fingerprint density at radius 2 is 1.67 bits per heavy atom. The average Bonchev–Trinajstić information content (AvgIpc) is 3.38. The molecule has 220 valence electrons. The number of rotatable bonds is 9. The molecule has 2 aliphatic heterocycles. The number of carbonyl (C=O) groups excluding carboxylic acids is 1. The van der Waals surface area contributed by atoms with E-state index in [1.165, 1.54) is 6.07 Å². The molecule has 9 heteroatoms. The van der Waals surface area contributed by atoms with Crippen LogP contribution in [0.4, 0.5) is 16.0 Å². The Hall–Kier alpha value is -4.11. The maximum Gasteiger partial charge on any atom is 0.223 e. The van der Waals surface area contributed by atoms with Crippen LogP contribution in [0.1, 0.15) is 24.8 Å². The monoisotopic (exact) mass is 570 g/mol. The van der Waals surface area contributed by atoms with Crippen LogP contribution in [0.2, 0.25) is 0 Å². The number of imidazole rings is 1. The van der Waals surface area contributed by atoms with Crippen molar-refractivity contribution in [1.29, 1.82) is 0 Å². The molecule has 2 saturated heterocycles. The lowest BCUT2D eigenvalue weighted by atomic mass is 9.96. The van der Waals surface area contributed by atoms with Crippen LogP contribution in [0.5, 0.6) is 5.75 Å². The number of anilines is 2. The van der Waals surface area contributed by atoms with Crippen molar-refractivity contribution in [2.75, 3.05) is 62.2 Å². The van der Waals surface area contributed by atoms with E-state index in [2.05, 4.69) is 30.6 Å². The first kappa shape index (κ1) is 28.0. The summed E-state index contributed by atoms with van der Waals surface area (Å²) in [5.74, 6) is 1.10. The van der Waals surface area contributed by atoms with Crippen LogP contribution in [0.25, 0.3) is 11.0 Å². The van der Waals surface area contributed by atoms with Gasteiger partial charge in [-0.2, -0.15) is 0 Å². The quantitative estimate of drug-likeness (QED) is 0.289. The molecule has 2 N–H and O–H groups in total. The first-order valence-electron chi connectivity index (χ1n) is 15.0. The second kappa shape index (κ2) is 12.8. The summed E-state index contributed by atoms with van der Waals surface area (Å²) in [7, 11) is 0. The normalized spacial score (nSPS) is 16.7. The topological polar surface area (TPSA) is 76.9 Å². The van der Waals surface area contributed by atoms with Gasteiger partial charge in [0.2, 0.25) is 11.9 Å². The minimum absolute atomic E-state index is 0.0103. The molecule has 1 amide bonds. The highest BCUT2D eigenvalue weighted by Gasteiger charge is 2.28. The predicted octanol–water partition coefficient (Wildman–Crippen LogP) is 4.47. The van der Waals surface area contributed by atoms with Crippen LogP contribution in [-0.4, -0.2) is 77.8 Å². The number of piperazine rings is 1. The van der Waals surface area contributed by atoms with E-state index in [4.69, 9.17) is 4.98 Å². The summed E-state index contributed by atoms with van der Waals surface area (Å²) in [6.45, 7) is 7.65. The molecule has 0 radical (unpaired) electrons. The fraction of sp³-hybridized carbons (Fsp3) is 0.394. The van der Waals surface area contributed by atoms with E-state index in [9.17, 15) is 14.3 Å². The molecular formula is C33H39FN6O2.